The molecule has 0 saturated carbocycles. The molecule has 0 atom stereocenters. The van der Waals surface area contributed by atoms with E-state index >= 15 is 0 Å². The molecule has 2 aromatic carbocycles. The summed E-state index contributed by atoms with van der Waals surface area (Å²) in [6.07, 6.45) is 3.95. The smallest absolute Gasteiger partial charge is 0.264 e. The van der Waals surface area contributed by atoms with Gasteiger partial charge in [-0.2, -0.15) is 0 Å². The molecule has 162 valence electrons. The van der Waals surface area contributed by atoms with E-state index in [0.717, 1.165) is 18.4 Å². The number of anilines is 1. The summed E-state index contributed by atoms with van der Waals surface area (Å²) in [4.78, 5) is 30.4. The number of aryl methyl sites for hydroxylation is 1. The van der Waals surface area contributed by atoms with E-state index in [1.807, 2.05) is 19.1 Å². The molecule has 0 unspecified atom stereocenters. The highest BCUT2D eigenvalue weighted by atomic mass is 32.2. The Morgan fingerprint density at radius 2 is 1.84 bits per heavy atom. The molecule has 8 heteroatoms. The SMILES string of the molecule is CCc1ccccc1N(C)S(=O)(=O)c1ccc2[nH]cc(C(=O)N3CCCC3)c(=O)c2c1. The summed E-state index contributed by atoms with van der Waals surface area (Å²) < 4.78 is 27.9. The maximum atomic E-state index is 13.3. The Bertz CT molecular complexity index is 1310. The third-order valence-electron chi connectivity index (χ3n) is 5.85. The van der Waals surface area contributed by atoms with Gasteiger partial charge in [-0.3, -0.25) is 13.9 Å². The lowest BCUT2D eigenvalue weighted by atomic mass is 10.1. The van der Waals surface area contributed by atoms with Gasteiger partial charge in [0.15, 0.2) is 0 Å². The molecule has 0 bridgehead atoms. The molecule has 4 rings (SSSR count). The number of carbonyl (C=O) groups is 1. The Morgan fingerprint density at radius 3 is 2.55 bits per heavy atom. The number of amides is 1. The third kappa shape index (κ3) is 3.72. The molecule has 0 radical (unpaired) electrons. The molecule has 3 aromatic rings. The molecular weight excluding hydrogens is 414 g/mol. The van der Waals surface area contributed by atoms with Gasteiger partial charge in [0.05, 0.1) is 10.6 Å². The van der Waals surface area contributed by atoms with E-state index in [0.29, 0.717) is 30.7 Å². The second-order valence-corrected chi connectivity index (χ2v) is 9.66. The van der Waals surface area contributed by atoms with Crippen LogP contribution in [0.5, 0.6) is 0 Å². The summed E-state index contributed by atoms with van der Waals surface area (Å²) in [5, 5.41) is 0.184. The monoisotopic (exact) mass is 439 g/mol. The number of likely N-dealkylation sites (tertiary alicyclic amines) is 1. The van der Waals surface area contributed by atoms with Crippen LogP contribution in [0.3, 0.4) is 0 Å². The Balaban J connectivity index is 1.78. The van der Waals surface area contributed by atoms with Crippen molar-refractivity contribution < 1.29 is 13.2 Å². The first-order valence-electron chi connectivity index (χ1n) is 10.4. The summed E-state index contributed by atoms with van der Waals surface area (Å²) in [6, 6.07) is 11.7. The molecule has 1 fully saturated rings. The highest BCUT2D eigenvalue weighted by Crippen LogP contribution is 2.27. The molecule has 1 aliphatic rings. The van der Waals surface area contributed by atoms with Crippen molar-refractivity contribution in [2.75, 3.05) is 24.4 Å². The van der Waals surface area contributed by atoms with Gasteiger partial charge in [0.1, 0.15) is 5.56 Å². The van der Waals surface area contributed by atoms with Crippen molar-refractivity contribution in [3.8, 4) is 0 Å². The standard InChI is InChI=1S/C23H25N3O4S/c1-3-16-8-4-5-9-21(16)25(2)31(29,30)17-10-11-20-18(14-17)22(27)19(15-24-20)23(28)26-12-6-7-13-26/h4-5,8-11,14-15H,3,6-7,12-13H2,1-2H3,(H,24,27). The van der Waals surface area contributed by atoms with Gasteiger partial charge in [0, 0.05) is 37.2 Å². The fourth-order valence-corrected chi connectivity index (χ4v) is 5.27. The Hall–Kier alpha value is -3.13. The minimum atomic E-state index is -3.90. The number of rotatable bonds is 5. The van der Waals surface area contributed by atoms with Crippen molar-refractivity contribution in [2.24, 2.45) is 0 Å². The number of benzene rings is 2. The normalized spacial score (nSPS) is 14.2. The molecule has 2 heterocycles. The number of hydrogen-bond acceptors (Lipinski definition) is 4. The molecule has 0 aliphatic carbocycles. The molecule has 1 aliphatic heterocycles. The number of nitrogens with zero attached hydrogens (tertiary/aromatic N) is 2. The molecule has 7 nitrogen and oxygen atoms in total. The highest BCUT2D eigenvalue weighted by Gasteiger charge is 2.25. The van der Waals surface area contributed by atoms with Crippen LogP contribution in [0.15, 0.2) is 58.4 Å². The molecule has 1 N–H and O–H groups in total. The van der Waals surface area contributed by atoms with Crippen molar-refractivity contribution in [1.82, 2.24) is 9.88 Å². The van der Waals surface area contributed by atoms with Crippen LogP contribution >= 0.6 is 0 Å². The second kappa shape index (κ2) is 8.19. The van der Waals surface area contributed by atoms with Crippen LogP contribution in [0.1, 0.15) is 35.7 Å². The molecule has 1 saturated heterocycles. The van der Waals surface area contributed by atoms with Crippen LogP contribution in [-0.4, -0.2) is 44.3 Å². The Labute approximate surface area is 181 Å². The number of nitrogens with one attached hydrogen (secondary N) is 1. The van der Waals surface area contributed by atoms with Gasteiger partial charge >= 0.3 is 0 Å². The van der Waals surface area contributed by atoms with Gasteiger partial charge in [-0.25, -0.2) is 8.42 Å². The van der Waals surface area contributed by atoms with Crippen LogP contribution in [0.4, 0.5) is 5.69 Å². The maximum absolute atomic E-state index is 13.3. The Kier molecular flexibility index (Phi) is 5.58. The number of fused-ring (bicyclic) bond motifs is 1. The molecular formula is C23H25N3O4S. The number of H-pyrrole nitrogens is 1. The Morgan fingerprint density at radius 1 is 1.13 bits per heavy atom. The van der Waals surface area contributed by atoms with Crippen molar-refractivity contribution in [3.05, 3.63) is 70.0 Å². The zero-order chi connectivity index (χ0) is 22.2. The predicted octanol–water partition coefficient (Wildman–Crippen LogP) is 3.15. The van der Waals surface area contributed by atoms with Crippen LogP contribution in [-0.2, 0) is 16.4 Å². The number of pyridine rings is 1. The zero-order valence-corrected chi connectivity index (χ0v) is 18.4. The van der Waals surface area contributed by atoms with E-state index in [4.69, 9.17) is 0 Å². The number of para-hydroxylation sites is 1. The molecule has 0 spiro atoms. The van der Waals surface area contributed by atoms with Crippen molar-refractivity contribution in [2.45, 2.75) is 31.1 Å². The van der Waals surface area contributed by atoms with Crippen molar-refractivity contribution in [3.63, 3.8) is 0 Å². The van der Waals surface area contributed by atoms with Gasteiger partial charge in [0.25, 0.3) is 15.9 Å². The van der Waals surface area contributed by atoms with E-state index in [1.165, 1.54) is 29.7 Å². The number of hydrogen-bond donors (Lipinski definition) is 1. The lowest BCUT2D eigenvalue weighted by Crippen LogP contribution is -2.32. The fraction of sp³-hybridized carbons (Fsp3) is 0.304. The average molecular weight is 440 g/mol. The topological polar surface area (TPSA) is 90.6 Å². The third-order valence-corrected chi connectivity index (χ3v) is 7.61. The van der Waals surface area contributed by atoms with E-state index in [-0.39, 0.29) is 21.8 Å². The van der Waals surface area contributed by atoms with Crippen molar-refractivity contribution >= 4 is 32.5 Å². The summed E-state index contributed by atoms with van der Waals surface area (Å²) in [5.41, 5.74) is 1.56. The minimum Gasteiger partial charge on any atom is -0.360 e. The largest absolute Gasteiger partial charge is 0.360 e. The highest BCUT2D eigenvalue weighted by molar-refractivity contribution is 7.92. The summed E-state index contributed by atoms with van der Waals surface area (Å²) in [5.74, 6) is -0.317. The second-order valence-electron chi connectivity index (χ2n) is 7.69. The lowest BCUT2D eigenvalue weighted by molar-refractivity contribution is 0.0791. The van der Waals surface area contributed by atoms with Crippen LogP contribution in [0.25, 0.3) is 10.9 Å². The van der Waals surface area contributed by atoms with Crippen LogP contribution in [0.2, 0.25) is 0 Å². The zero-order valence-electron chi connectivity index (χ0n) is 17.6. The average Bonchev–Trinajstić information content (AvgIpc) is 3.33. The summed E-state index contributed by atoms with van der Waals surface area (Å²) >= 11 is 0. The fourth-order valence-electron chi connectivity index (χ4n) is 4.01. The first-order valence-corrected chi connectivity index (χ1v) is 11.8. The van der Waals surface area contributed by atoms with E-state index < -0.39 is 15.5 Å². The van der Waals surface area contributed by atoms with Gasteiger partial charge in [-0.1, -0.05) is 25.1 Å². The van der Waals surface area contributed by atoms with Gasteiger partial charge in [0.2, 0.25) is 5.43 Å². The minimum absolute atomic E-state index is 0.00433. The van der Waals surface area contributed by atoms with Crippen molar-refractivity contribution in [1.29, 1.82) is 0 Å². The maximum Gasteiger partial charge on any atom is 0.264 e. The van der Waals surface area contributed by atoms with Gasteiger partial charge < -0.3 is 9.88 Å². The quantitative estimate of drug-likeness (QED) is 0.661. The molecule has 1 aromatic heterocycles. The van der Waals surface area contributed by atoms with Gasteiger partial charge in [-0.15, -0.1) is 0 Å². The number of aromatic nitrogens is 1. The van der Waals surface area contributed by atoms with E-state index in [1.54, 1.807) is 23.1 Å². The molecule has 31 heavy (non-hydrogen) atoms. The first-order chi connectivity index (χ1) is 14.8. The number of carbonyl (C=O) groups excluding carboxylic acids is 1. The number of aromatic amines is 1. The summed E-state index contributed by atoms with van der Waals surface area (Å²) in [7, 11) is -2.39. The van der Waals surface area contributed by atoms with Crippen LogP contribution < -0.4 is 9.73 Å². The molecule has 1 amide bonds. The lowest BCUT2D eigenvalue weighted by Gasteiger charge is -2.22. The van der Waals surface area contributed by atoms with Crippen LogP contribution in [0, 0.1) is 0 Å². The predicted molar refractivity (Wildman–Crippen MR) is 121 cm³/mol. The van der Waals surface area contributed by atoms with E-state index in [2.05, 4.69) is 4.98 Å². The summed E-state index contributed by atoms with van der Waals surface area (Å²) in [6.45, 7) is 3.23. The number of sulfonamides is 1. The van der Waals surface area contributed by atoms with Gasteiger partial charge in [-0.05, 0) is 49.1 Å². The van der Waals surface area contributed by atoms with E-state index in [9.17, 15) is 18.0 Å². The first kappa shape index (κ1) is 21.1.